The lowest BCUT2D eigenvalue weighted by atomic mass is 10.1. The van der Waals surface area contributed by atoms with E-state index in [0.717, 1.165) is 6.07 Å². The molecule has 8 heteroatoms. The number of alkyl halides is 3. The van der Waals surface area contributed by atoms with Gasteiger partial charge in [0.05, 0.1) is 22.6 Å². The van der Waals surface area contributed by atoms with Crippen molar-refractivity contribution in [2.45, 2.75) is 13.1 Å². The van der Waals surface area contributed by atoms with Crippen LogP contribution in [-0.2, 0) is 13.2 Å². The minimum absolute atomic E-state index is 0.0111. The summed E-state index contributed by atoms with van der Waals surface area (Å²) in [4.78, 5) is 0. The molecule has 2 aromatic rings. The van der Waals surface area contributed by atoms with Gasteiger partial charge in [-0.3, -0.25) is 4.68 Å². The predicted molar refractivity (Wildman–Crippen MR) is 72.1 cm³/mol. The van der Waals surface area contributed by atoms with E-state index in [2.05, 4.69) is 10.4 Å². The normalized spacial score (nSPS) is 11.7. The SMILES string of the molecule is Cc1nn(C)c(Nc2ccc(Cl)cc2C(F)(F)F)c1N. The zero-order valence-electron chi connectivity index (χ0n) is 10.7. The molecule has 1 aromatic heterocycles. The van der Waals surface area contributed by atoms with Crippen LogP contribution in [-0.4, -0.2) is 9.78 Å². The Hall–Kier alpha value is -1.89. The molecule has 3 N–H and O–H groups in total. The van der Waals surface area contributed by atoms with Crippen LogP contribution < -0.4 is 11.1 Å². The number of hydrogen-bond acceptors (Lipinski definition) is 3. The molecule has 0 spiro atoms. The minimum Gasteiger partial charge on any atom is -0.394 e. The van der Waals surface area contributed by atoms with Gasteiger partial charge in [-0.1, -0.05) is 11.6 Å². The molecule has 0 aliphatic heterocycles. The summed E-state index contributed by atoms with van der Waals surface area (Å²) in [6.45, 7) is 1.67. The highest BCUT2D eigenvalue weighted by Gasteiger charge is 2.34. The Kier molecular flexibility index (Phi) is 3.56. The van der Waals surface area contributed by atoms with Gasteiger partial charge in [-0.25, -0.2) is 0 Å². The number of anilines is 3. The zero-order valence-corrected chi connectivity index (χ0v) is 11.5. The standard InChI is InChI=1S/C12H12ClF3N4/c1-6-10(17)11(20(2)19-6)18-9-4-3-7(13)5-8(9)12(14,15)16/h3-5,18H,17H2,1-2H3. The topological polar surface area (TPSA) is 55.9 Å². The molecule has 0 aliphatic carbocycles. The number of halogens is 4. The maximum Gasteiger partial charge on any atom is 0.418 e. The molecule has 0 amide bonds. The summed E-state index contributed by atoms with van der Waals surface area (Å²) in [5.74, 6) is 0.301. The van der Waals surface area contributed by atoms with Gasteiger partial charge in [-0.15, -0.1) is 0 Å². The fourth-order valence-electron chi connectivity index (χ4n) is 1.81. The van der Waals surface area contributed by atoms with Gasteiger partial charge in [0, 0.05) is 12.1 Å². The highest BCUT2D eigenvalue weighted by atomic mass is 35.5. The van der Waals surface area contributed by atoms with Crippen molar-refractivity contribution in [3.8, 4) is 0 Å². The quantitative estimate of drug-likeness (QED) is 0.889. The average molecular weight is 305 g/mol. The monoisotopic (exact) mass is 304 g/mol. The fourth-order valence-corrected chi connectivity index (χ4v) is 1.98. The molecule has 1 aromatic carbocycles. The van der Waals surface area contributed by atoms with Crippen molar-refractivity contribution in [3.63, 3.8) is 0 Å². The molecule has 2 rings (SSSR count). The summed E-state index contributed by atoms with van der Waals surface area (Å²) in [5, 5.41) is 6.71. The lowest BCUT2D eigenvalue weighted by Gasteiger charge is -2.15. The number of aromatic nitrogens is 2. The van der Waals surface area contributed by atoms with Gasteiger partial charge < -0.3 is 11.1 Å². The molecule has 0 saturated heterocycles. The molecule has 0 atom stereocenters. The van der Waals surface area contributed by atoms with E-state index in [9.17, 15) is 13.2 Å². The number of hydrogen-bond donors (Lipinski definition) is 2. The molecule has 0 radical (unpaired) electrons. The van der Waals surface area contributed by atoms with E-state index in [1.807, 2.05) is 0 Å². The Balaban J connectivity index is 2.49. The van der Waals surface area contributed by atoms with Gasteiger partial charge in [-0.05, 0) is 25.1 Å². The highest BCUT2D eigenvalue weighted by molar-refractivity contribution is 6.30. The van der Waals surface area contributed by atoms with Crippen LogP contribution in [0.2, 0.25) is 5.02 Å². The lowest BCUT2D eigenvalue weighted by molar-refractivity contribution is -0.136. The predicted octanol–water partition coefficient (Wildman–Crippen LogP) is 3.73. The number of nitrogens with zero attached hydrogens (tertiary/aromatic N) is 2. The smallest absolute Gasteiger partial charge is 0.394 e. The Morgan fingerprint density at radius 3 is 2.50 bits per heavy atom. The summed E-state index contributed by atoms with van der Waals surface area (Å²) in [6.07, 6.45) is -4.52. The van der Waals surface area contributed by atoms with Gasteiger partial charge in [0.2, 0.25) is 0 Å². The molecule has 0 unspecified atom stereocenters. The summed E-state index contributed by atoms with van der Waals surface area (Å²) < 4.78 is 40.3. The van der Waals surface area contributed by atoms with E-state index in [1.54, 1.807) is 14.0 Å². The van der Waals surface area contributed by atoms with E-state index in [-0.39, 0.29) is 10.7 Å². The molecule has 0 bridgehead atoms. The molecular formula is C12H12ClF3N4. The van der Waals surface area contributed by atoms with Gasteiger partial charge in [-0.2, -0.15) is 18.3 Å². The van der Waals surface area contributed by atoms with Gasteiger partial charge in [0.1, 0.15) is 0 Å². The third kappa shape index (κ3) is 2.67. The van der Waals surface area contributed by atoms with E-state index in [1.165, 1.54) is 16.8 Å². The van der Waals surface area contributed by atoms with Crippen LogP contribution in [0.25, 0.3) is 0 Å². The Bertz CT molecular complexity index is 649. The third-order valence-corrected chi connectivity index (χ3v) is 3.04. The van der Waals surface area contributed by atoms with E-state index < -0.39 is 11.7 Å². The van der Waals surface area contributed by atoms with E-state index in [4.69, 9.17) is 17.3 Å². The van der Waals surface area contributed by atoms with Crippen molar-refractivity contribution in [1.29, 1.82) is 0 Å². The number of rotatable bonds is 2. The molecule has 20 heavy (non-hydrogen) atoms. The zero-order chi connectivity index (χ0) is 15.1. The maximum atomic E-state index is 13.0. The summed E-state index contributed by atoms with van der Waals surface area (Å²) in [5.41, 5.74) is 5.64. The van der Waals surface area contributed by atoms with Gasteiger partial charge >= 0.3 is 6.18 Å². The number of nitrogens with one attached hydrogen (secondary N) is 1. The van der Waals surface area contributed by atoms with Crippen LogP contribution in [0.4, 0.5) is 30.4 Å². The molecule has 0 aliphatic rings. The first-order valence-corrected chi connectivity index (χ1v) is 6.01. The van der Waals surface area contributed by atoms with Crippen LogP contribution >= 0.6 is 11.6 Å². The van der Waals surface area contributed by atoms with E-state index in [0.29, 0.717) is 17.2 Å². The van der Waals surface area contributed by atoms with Crippen LogP contribution in [0.1, 0.15) is 11.3 Å². The first-order chi connectivity index (χ1) is 9.20. The summed E-state index contributed by atoms with van der Waals surface area (Å²) >= 11 is 5.62. The molecule has 108 valence electrons. The second-order valence-corrected chi connectivity index (χ2v) is 4.72. The van der Waals surface area contributed by atoms with Crippen LogP contribution in [0.5, 0.6) is 0 Å². The first-order valence-electron chi connectivity index (χ1n) is 5.63. The Labute approximate surface area is 118 Å². The van der Waals surface area contributed by atoms with Crippen molar-refractivity contribution in [1.82, 2.24) is 9.78 Å². The van der Waals surface area contributed by atoms with Crippen molar-refractivity contribution in [2.24, 2.45) is 7.05 Å². The lowest BCUT2D eigenvalue weighted by Crippen LogP contribution is -2.10. The van der Waals surface area contributed by atoms with Crippen molar-refractivity contribution < 1.29 is 13.2 Å². The number of benzene rings is 1. The summed E-state index contributed by atoms with van der Waals surface area (Å²) in [6, 6.07) is 3.49. The van der Waals surface area contributed by atoms with Gasteiger partial charge in [0.15, 0.2) is 5.82 Å². The largest absolute Gasteiger partial charge is 0.418 e. The Morgan fingerprint density at radius 1 is 1.35 bits per heavy atom. The number of nitrogens with two attached hydrogens (primary N) is 1. The third-order valence-electron chi connectivity index (χ3n) is 2.81. The van der Waals surface area contributed by atoms with Gasteiger partial charge in [0.25, 0.3) is 0 Å². The van der Waals surface area contributed by atoms with Crippen LogP contribution in [0.15, 0.2) is 18.2 Å². The second-order valence-electron chi connectivity index (χ2n) is 4.28. The molecule has 0 fully saturated rings. The van der Waals surface area contributed by atoms with Crippen LogP contribution in [0, 0.1) is 6.92 Å². The van der Waals surface area contributed by atoms with Crippen molar-refractivity contribution >= 4 is 28.8 Å². The molecule has 1 heterocycles. The number of nitrogen functional groups attached to an aromatic ring is 1. The fraction of sp³-hybridized carbons (Fsp3) is 0.250. The maximum absolute atomic E-state index is 13.0. The van der Waals surface area contributed by atoms with Crippen molar-refractivity contribution in [2.75, 3.05) is 11.1 Å². The van der Waals surface area contributed by atoms with E-state index >= 15 is 0 Å². The molecule has 0 saturated carbocycles. The Morgan fingerprint density at radius 2 is 2.00 bits per heavy atom. The van der Waals surface area contributed by atoms with Crippen LogP contribution in [0.3, 0.4) is 0 Å². The highest BCUT2D eigenvalue weighted by Crippen LogP contribution is 2.38. The minimum atomic E-state index is -4.52. The second kappa shape index (κ2) is 4.90. The first kappa shape index (κ1) is 14.5. The molecule has 4 nitrogen and oxygen atoms in total. The number of aryl methyl sites for hydroxylation is 2. The average Bonchev–Trinajstić information content (AvgIpc) is 2.56. The summed E-state index contributed by atoms with van der Waals surface area (Å²) in [7, 11) is 1.59. The van der Waals surface area contributed by atoms with Crippen molar-refractivity contribution in [3.05, 3.63) is 34.5 Å². The molecular weight excluding hydrogens is 293 g/mol.